The van der Waals surface area contributed by atoms with E-state index >= 15 is 0 Å². The van der Waals surface area contributed by atoms with E-state index < -0.39 is 24.1 Å². The van der Waals surface area contributed by atoms with Gasteiger partial charge in [-0.25, -0.2) is 4.79 Å². The summed E-state index contributed by atoms with van der Waals surface area (Å²) < 4.78 is 0. The van der Waals surface area contributed by atoms with Gasteiger partial charge in [0.05, 0.1) is 6.10 Å². The van der Waals surface area contributed by atoms with Gasteiger partial charge in [-0.2, -0.15) is 11.8 Å². The van der Waals surface area contributed by atoms with Gasteiger partial charge in [0.2, 0.25) is 0 Å². The van der Waals surface area contributed by atoms with E-state index in [-0.39, 0.29) is 0 Å². The normalized spacial score (nSPS) is 12.8. The average molecular weight is 279 g/mol. The fourth-order valence-electron chi connectivity index (χ4n) is 0.861. The minimum atomic E-state index is -0.981. The largest absolute Gasteiger partial charge is 0.480 e. The molecule has 0 aromatic heterocycles. The maximum absolute atomic E-state index is 10.7. The first-order chi connectivity index (χ1) is 8.34. The van der Waals surface area contributed by atoms with Crippen molar-refractivity contribution in [2.24, 2.45) is 0 Å². The molecule has 106 valence electrons. The Balaban J connectivity index is 0. The number of aliphatic hydroxyl groups excluding tert-OH is 1. The van der Waals surface area contributed by atoms with Crippen LogP contribution < -0.4 is 5.32 Å². The molecule has 0 heterocycles. The number of aliphatic hydroxyl groups is 1. The zero-order chi connectivity index (χ0) is 14.6. The lowest BCUT2D eigenvalue weighted by molar-refractivity contribution is -0.139. The molecule has 0 saturated heterocycles. The number of hydrogen-bond acceptors (Lipinski definition) is 5. The molecule has 0 rings (SSSR count). The number of thioether (sulfide) groups is 1. The van der Waals surface area contributed by atoms with Gasteiger partial charge in [0, 0.05) is 12.6 Å². The minimum absolute atomic E-state index is 0.325. The van der Waals surface area contributed by atoms with E-state index in [9.17, 15) is 9.59 Å². The zero-order valence-corrected chi connectivity index (χ0v) is 11.4. The van der Waals surface area contributed by atoms with E-state index in [2.05, 4.69) is 11.9 Å². The van der Waals surface area contributed by atoms with E-state index in [1.54, 1.807) is 18.7 Å². The molecule has 0 spiro atoms. The van der Waals surface area contributed by atoms with E-state index in [1.807, 2.05) is 6.26 Å². The molecular formula is C11H21NO5S. The van der Waals surface area contributed by atoms with E-state index in [0.717, 1.165) is 11.8 Å². The lowest BCUT2D eigenvalue weighted by Gasteiger charge is -2.14. The van der Waals surface area contributed by atoms with Gasteiger partial charge in [-0.05, 0) is 25.4 Å². The van der Waals surface area contributed by atoms with Crippen LogP contribution in [0.2, 0.25) is 0 Å². The Bertz CT molecular complexity index is 258. The van der Waals surface area contributed by atoms with Gasteiger partial charge in [-0.15, -0.1) is 0 Å². The van der Waals surface area contributed by atoms with Crippen LogP contribution in [0, 0.1) is 0 Å². The summed E-state index contributed by atoms with van der Waals surface area (Å²) >= 11 is 1.62. The van der Waals surface area contributed by atoms with Gasteiger partial charge >= 0.3 is 11.9 Å². The third kappa shape index (κ3) is 14.9. The maximum Gasteiger partial charge on any atom is 0.327 e. The van der Waals surface area contributed by atoms with Crippen LogP contribution in [-0.2, 0) is 9.59 Å². The number of aliphatic carboxylic acids is 2. The summed E-state index contributed by atoms with van der Waals surface area (Å²) in [4.78, 5) is 19.9. The van der Waals surface area contributed by atoms with Gasteiger partial charge in [-0.1, -0.05) is 6.58 Å². The molecule has 0 aromatic carbocycles. The highest BCUT2D eigenvalue weighted by atomic mass is 32.2. The number of rotatable bonds is 8. The molecule has 0 aliphatic rings. The molecular weight excluding hydrogens is 258 g/mol. The van der Waals surface area contributed by atoms with Crippen LogP contribution in [-0.4, -0.2) is 58.0 Å². The fourth-order valence-corrected chi connectivity index (χ4v) is 1.33. The predicted molar refractivity (Wildman–Crippen MR) is 71.9 cm³/mol. The monoisotopic (exact) mass is 279 g/mol. The Hall–Kier alpha value is -1.05. The summed E-state index contributed by atoms with van der Waals surface area (Å²) in [6.07, 6.45) is 2.85. The highest BCUT2D eigenvalue weighted by Crippen LogP contribution is 2.00. The third-order valence-corrected chi connectivity index (χ3v) is 2.39. The molecule has 7 heteroatoms. The molecule has 0 bridgehead atoms. The molecule has 6 nitrogen and oxygen atoms in total. The second-order valence-corrected chi connectivity index (χ2v) is 4.46. The van der Waals surface area contributed by atoms with Crippen LogP contribution in [0.25, 0.3) is 0 Å². The van der Waals surface area contributed by atoms with E-state index in [1.165, 1.54) is 0 Å². The Labute approximate surface area is 111 Å². The predicted octanol–water partition coefficient (Wildman–Crippen LogP) is 0.420. The standard InChI is InChI=1S/C8H17NO3S.C3H4O2/c1-6(10)5-9-7(8(11)12)3-4-13-2;1-2-3(4)5/h6-7,9-10H,3-5H2,1-2H3,(H,11,12);2H,1H2,(H,4,5)/t6?,7-;/m0./s1. The SMILES string of the molecule is C=CC(=O)O.CSCC[C@H](NCC(C)O)C(=O)O. The van der Waals surface area contributed by atoms with Crippen molar-refractivity contribution < 1.29 is 24.9 Å². The van der Waals surface area contributed by atoms with Crippen molar-refractivity contribution >= 4 is 23.7 Å². The Morgan fingerprint density at radius 1 is 1.44 bits per heavy atom. The third-order valence-electron chi connectivity index (χ3n) is 1.74. The summed E-state index contributed by atoms with van der Waals surface area (Å²) in [5.74, 6) is -1.02. The molecule has 0 amide bonds. The summed E-state index contributed by atoms with van der Waals surface area (Å²) in [6.45, 7) is 4.91. The van der Waals surface area contributed by atoms with Crippen LogP contribution in [0.5, 0.6) is 0 Å². The highest BCUT2D eigenvalue weighted by molar-refractivity contribution is 7.98. The number of carboxylic acids is 2. The fraction of sp³-hybridized carbons (Fsp3) is 0.636. The molecule has 0 aromatic rings. The lowest BCUT2D eigenvalue weighted by atomic mass is 10.2. The number of nitrogens with one attached hydrogen (secondary N) is 1. The molecule has 2 atom stereocenters. The van der Waals surface area contributed by atoms with Crippen molar-refractivity contribution in [2.45, 2.75) is 25.5 Å². The van der Waals surface area contributed by atoms with Gasteiger partial charge in [0.25, 0.3) is 0 Å². The van der Waals surface area contributed by atoms with Crippen molar-refractivity contribution in [2.75, 3.05) is 18.6 Å². The quantitative estimate of drug-likeness (QED) is 0.477. The lowest BCUT2D eigenvalue weighted by Crippen LogP contribution is -2.40. The number of carboxylic acid groups (broad SMARTS) is 2. The number of carbonyl (C=O) groups is 2. The molecule has 0 aliphatic heterocycles. The van der Waals surface area contributed by atoms with Crippen LogP contribution in [0.3, 0.4) is 0 Å². The van der Waals surface area contributed by atoms with Gasteiger partial charge in [0.1, 0.15) is 6.04 Å². The molecule has 0 fully saturated rings. The highest BCUT2D eigenvalue weighted by Gasteiger charge is 2.16. The summed E-state index contributed by atoms with van der Waals surface area (Å²) in [6, 6.07) is -0.540. The second-order valence-electron chi connectivity index (χ2n) is 3.47. The average Bonchev–Trinajstić information content (AvgIpc) is 2.29. The Kier molecular flexibility index (Phi) is 13.3. The zero-order valence-electron chi connectivity index (χ0n) is 10.6. The van der Waals surface area contributed by atoms with Crippen LogP contribution in [0.15, 0.2) is 12.7 Å². The molecule has 0 radical (unpaired) electrons. The molecule has 1 unspecified atom stereocenters. The first-order valence-corrected chi connectivity index (χ1v) is 6.73. The first-order valence-electron chi connectivity index (χ1n) is 5.33. The Morgan fingerprint density at radius 2 is 1.94 bits per heavy atom. The van der Waals surface area contributed by atoms with Gasteiger partial charge in [-0.3, -0.25) is 4.79 Å². The second kappa shape index (κ2) is 12.4. The molecule has 0 saturated carbocycles. The van der Waals surface area contributed by atoms with Crippen molar-refractivity contribution in [1.82, 2.24) is 5.32 Å². The van der Waals surface area contributed by atoms with E-state index in [4.69, 9.17) is 15.3 Å². The topological polar surface area (TPSA) is 107 Å². The van der Waals surface area contributed by atoms with Crippen LogP contribution in [0.1, 0.15) is 13.3 Å². The summed E-state index contributed by atoms with van der Waals surface area (Å²) in [5.41, 5.74) is 0. The van der Waals surface area contributed by atoms with Gasteiger partial charge < -0.3 is 20.6 Å². The van der Waals surface area contributed by atoms with Gasteiger partial charge in [0.15, 0.2) is 0 Å². The number of hydrogen-bond donors (Lipinski definition) is 4. The van der Waals surface area contributed by atoms with Crippen molar-refractivity contribution in [1.29, 1.82) is 0 Å². The maximum atomic E-state index is 10.7. The molecule has 0 aliphatic carbocycles. The molecule has 18 heavy (non-hydrogen) atoms. The van der Waals surface area contributed by atoms with Crippen molar-refractivity contribution in [3.8, 4) is 0 Å². The molecule has 4 N–H and O–H groups in total. The van der Waals surface area contributed by atoms with Crippen molar-refractivity contribution in [3.63, 3.8) is 0 Å². The summed E-state index contributed by atoms with van der Waals surface area (Å²) in [7, 11) is 0. The van der Waals surface area contributed by atoms with Crippen LogP contribution in [0.4, 0.5) is 0 Å². The Morgan fingerprint density at radius 3 is 2.22 bits per heavy atom. The van der Waals surface area contributed by atoms with Crippen LogP contribution >= 0.6 is 11.8 Å². The summed E-state index contributed by atoms with van der Waals surface area (Å²) in [5, 5.41) is 28.1. The minimum Gasteiger partial charge on any atom is -0.480 e. The van der Waals surface area contributed by atoms with E-state index in [0.29, 0.717) is 13.0 Å². The van der Waals surface area contributed by atoms with Crippen molar-refractivity contribution in [3.05, 3.63) is 12.7 Å². The first kappa shape index (κ1) is 19.3. The smallest absolute Gasteiger partial charge is 0.327 e.